The van der Waals surface area contributed by atoms with Crippen LogP contribution in [0.15, 0.2) is 30.3 Å². The maximum Gasteiger partial charge on any atom is 0.303 e. The summed E-state index contributed by atoms with van der Waals surface area (Å²) in [5, 5.41) is 0. The average molecular weight is 546 g/mol. The van der Waals surface area contributed by atoms with Crippen LogP contribution in [0, 0.1) is 0 Å². The van der Waals surface area contributed by atoms with Crippen molar-refractivity contribution in [2.45, 2.75) is 33.5 Å². The molecule has 1 aliphatic rings. The Bertz CT molecular complexity index is 524. The summed E-state index contributed by atoms with van der Waals surface area (Å²) < 4.78 is 22.0. The Kier molecular flexibility index (Phi) is 7.50. The number of esters is 1. The highest BCUT2D eigenvalue weighted by atomic mass is 127. The molecule has 0 radical (unpaired) electrons. The third kappa shape index (κ3) is 5.26. The molecule has 0 N–H and O–H groups in total. The fourth-order valence-corrected chi connectivity index (χ4v) is 3.37. The van der Waals surface area contributed by atoms with Gasteiger partial charge in [0.2, 0.25) is 0 Å². The van der Waals surface area contributed by atoms with Gasteiger partial charge in [0, 0.05) is 12.5 Å². The van der Waals surface area contributed by atoms with Crippen molar-refractivity contribution in [2.24, 2.45) is 0 Å². The van der Waals surface area contributed by atoms with E-state index < -0.39 is 30.6 Å². The molecule has 4 atom stereocenters. The lowest BCUT2D eigenvalue weighted by Crippen LogP contribution is -2.51. The third-order valence-electron chi connectivity index (χ3n) is 3.24. The minimum Gasteiger partial charge on any atom is -0.459 e. The molecule has 6 nitrogen and oxygen atoms in total. The lowest BCUT2D eigenvalue weighted by atomic mass is 10.1. The van der Waals surface area contributed by atoms with Gasteiger partial charge in [-0.15, -0.1) is 0 Å². The molecule has 0 bridgehead atoms. The third-order valence-corrected chi connectivity index (χ3v) is 4.65. The topological polar surface area (TPSA) is 71.1 Å². The van der Waals surface area contributed by atoms with Crippen LogP contribution >= 0.6 is 45.2 Å². The first kappa shape index (κ1) is 18.9. The molecule has 1 aromatic carbocycles. The van der Waals surface area contributed by atoms with Gasteiger partial charge in [-0.3, -0.25) is 9.59 Å². The van der Waals surface area contributed by atoms with E-state index in [1.165, 1.54) is 6.92 Å². The van der Waals surface area contributed by atoms with Crippen molar-refractivity contribution in [2.75, 3.05) is 6.61 Å². The van der Waals surface area contributed by atoms with Crippen molar-refractivity contribution in [3.8, 4) is 0 Å². The van der Waals surface area contributed by atoms with E-state index in [0.717, 1.165) is 5.56 Å². The highest BCUT2D eigenvalue weighted by molar-refractivity contribution is 14.2. The molecule has 1 fully saturated rings. The number of carbonyl (C=O) groups excluding carboxylic acids is 2. The van der Waals surface area contributed by atoms with Gasteiger partial charge in [-0.05, 0) is 0 Å². The quantitative estimate of drug-likeness (QED) is 0.237. The molecule has 8 heteroatoms. The second-order valence-electron chi connectivity index (χ2n) is 4.86. The first-order chi connectivity index (χ1) is 11.0. The molecule has 23 heavy (non-hydrogen) atoms. The van der Waals surface area contributed by atoms with E-state index >= 15 is 0 Å². The van der Waals surface area contributed by atoms with Gasteiger partial charge in [0.05, 0.1) is 6.61 Å². The van der Waals surface area contributed by atoms with Crippen molar-refractivity contribution >= 4 is 57.6 Å². The normalized spacial score (nSPS) is 25.7. The summed E-state index contributed by atoms with van der Waals surface area (Å²) in [6.07, 6.45) is -2.41. The van der Waals surface area contributed by atoms with Gasteiger partial charge in [-0.1, -0.05) is 75.5 Å². The highest BCUT2D eigenvalue weighted by Crippen LogP contribution is 2.33. The number of hydrogen-bond acceptors (Lipinski definition) is 6. The maximum absolute atomic E-state index is 11.4. The summed E-state index contributed by atoms with van der Waals surface area (Å²) in [7, 11) is 0. The van der Waals surface area contributed by atoms with Gasteiger partial charge in [0.15, 0.2) is 18.5 Å². The molecule has 126 valence electrons. The van der Waals surface area contributed by atoms with E-state index in [1.807, 2.05) is 30.3 Å². The monoisotopic (exact) mass is 546 g/mol. The van der Waals surface area contributed by atoms with Crippen molar-refractivity contribution in [1.82, 2.24) is 0 Å². The molecule has 0 spiro atoms. The van der Waals surface area contributed by atoms with E-state index in [4.69, 9.17) is 18.9 Å². The van der Waals surface area contributed by atoms with Crippen LogP contribution in [-0.4, -0.2) is 39.3 Å². The van der Waals surface area contributed by atoms with Gasteiger partial charge in [0.1, 0.15) is 8.04 Å². The standard InChI is InChI=1S/C15H16I2O6/c1-9(19)22-13(14(16)17)12-11(21-8-18)7-20-15(23-12)10-5-3-2-4-6-10/h2-6,8,11-15H,7H2,1H3/t11-,12-,13+,15-/m1/s1. The van der Waals surface area contributed by atoms with Crippen LogP contribution in [-0.2, 0) is 28.5 Å². The van der Waals surface area contributed by atoms with E-state index in [1.54, 1.807) is 0 Å². The fraction of sp³-hybridized carbons (Fsp3) is 0.467. The summed E-state index contributed by atoms with van der Waals surface area (Å²) >= 11 is 4.29. The van der Waals surface area contributed by atoms with Gasteiger partial charge in [0.25, 0.3) is 6.47 Å². The number of halogens is 2. The molecule has 0 unspecified atom stereocenters. The first-order valence-electron chi connectivity index (χ1n) is 6.89. The number of carbonyl (C=O) groups is 2. The zero-order valence-corrected chi connectivity index (χ0v) is 16.6. The van der Waals surface area contributed by atoms with E-state index in [9.17, 15) is 9.59 Å². The van der Waals surface area contributed by atoms with Crippen LogP contribution in [0.3, 0.4) is 0 Å². The van der Waals surface area contributed by atoms with Gasteiger partial charge < -0.3 is 18.9 Å². The van der Waals surface area contributed by atoms with E-state index in [-0.39, 0.29) is 8.54 Å². The molecule has 1 saturated heterocycles. The van der Waals surface area contributed by atoms with Gasteiger partial charge in [-0.25, -0.2) is 0 Å². The van der Waals surface area contributed by atoms with Crippen LogP contribution in [0.5, 0.6) is 0 Å². The predicted molar refractivity (Wildman–Crippen MR) is 98.3 cm³/mol. The minimum absolute atomic E-state index is 0.0635. The molecule has 0 saturated carbocycles. The molecular weight excluding hydrogens is 530 g/mol. The van der Waals surface area contributed by atoms with Crippen LogP contribution in [0.25, 0.3) is 0 Å². The summed E-state index contributed by atoms with van der Waals surface area (Å²) in [5.41, 5.74) is 0.849. The Morgan fingerprint density at radius 2 is 2.04 bits per heavy atom. The van der Waals surface area contributed by atoms with Crippen LogP contribution in [0.2, 0.25) is 0 Å². The number of ether oxygens (including phenoxy) is 4. The van der Waals surface area contributed by atoms with Crippen molar-refractivity contribution < 1.29 is 28.5 Å². The number of benzene rings is 1. The van der Waals surface area contributed by atoms with Crippen molar-refractivity contribution in [3.63, 3.8) is 0 Å². The SMILES string of the molecule is CC(=O)O[C@H](C(I)I)[C@@H]1O[C@H](c2ccccc2)OC[C@H]1OC=O. The predicted octanol–water partition coefficient (Wildman–Crippen LogP) is 2.77. The lowest BCUT2D eigenvalue weighted by Gasteiger charge is -2.39. The number of alkyl halides is 2. The maximum atomic E-state index is 11.4. The molecular formula is C15H16I2O6. The van der Waals surface area contributed by atoms with Gasteiger partial charge in [-0.2, -0.15) is 0 Å². The van der Waals surface area contributed by atoms with Gasteiger partial charge >= 0.3 is 5.97 Å². The number of rotatable bonds is 6. The Morgan fingerprint density at radius 1 is 1.35 bits per heavy atom. The van der Waals surface area contributed by atoms with E-state index in [2.05, 4.69) is 45.2 Å². The second kappa shape index (κ2) is 9.14. The van der Waals surface area contributed by atoms with E-state index in [0.29, 0.717) is 6.47 Å². The molecule has 0 aromatic heterocycles. The molecule has 1 heterocycles. The Morgan fingerprint density at radius 3 is 2.61 bits per heavy atom. The molecule has 0 amide bonds. The van der Waals surface area contributed by atoms with Crippen molar-refractivity contribution in [3.05, 3.63) is 35.9 Å². The van der Waals surface area contributed by atoms with Crippen LogP contribution in [0.1, 0.15) is 18.8 Å². The average Bonchev–Trinajstić information content (AvgIpc) is 2.54. The zero-order chi connectivity index (χ0) is 16.8. The summed E-state index contributed by atoms with van der Waals surface area (Å²) in [5.74, 6) is -0.412. The zero-order valence-electron chi connectivity index (χ0n) is 12.3. The molecule has 2 rings (SSSR count). The largest absolute Gasteiger partial charge is 0.459 e. The Labute approximate surface area is 161 Å². The second-order valence-corrected chi connectivity index (χ2v) is 9.92. The number of hydrogen-bond donors (Lipinski definition) is 0. The molecule has 1 aromatic rings. The summed E-state index contributed by atoms with van der Waals surface area (Å²) in [6.45, 7) is 1.86. The molecule has 0 aliphatic carbocycles. The molecule has 1 aliphatic heterocycles. The van der Waals surface area contributed by atoms with Crippen LogP contribution in [0.4, 0.5) is 0 Å². The van der Waals surface area contributed by atoms with Crippen molar-refractivity contribution in [1.29, 1.82) is 0 Å². The summed E-state index contributed by atoms with van der Waals surface area (Å²) in [4.78, 5) is 22.1. The fourth-order valence-electron chi connectivity index (χ4n) is 2.26. The van der Waals surface area contributed by atoms with Crippen LogP contribution < -0.4 is 0 Å². The Hall–Kier alpha value is -0.460. The minimum atomic E-state index is -0.635. The highest BCUT2D eigenvalue weighted by Gasteiger charge is 2.43. The first-order valence-corrected chi connectivity index (χ1v) is 9.38. The Balaban J connectivity index is 2.21. The summed E-state index contributed by atoms with van der Waals surface area (Å²) in [6, 6.07) is 9.43. The smallest absolute Gasteiger partial charge is 0.303 e. The lowest BCUT2D eigenvalue weighted by molar-refractivity contribution is -0.276.